The number of benzene rings is 1. The molecule has 0 aliphatic heterocycles. The second-order valence-corrected chi connectivity index (χ2v) is 3.42. The lowest BCUT2D eigenvalue weighted by Gasteiger charge is -2.03. The number of aromatic hydroxyl groups is 1. The Balaban J connectivity index is 2.53. The summed E-state index contributed by atoms with van der Waals surface area (Å²) >= 11 is 3.18. The Bertz CT molecular complexity index is 266. The number of hydrogen-bond donors (Lipinski definition) is 1. The Morgan fingerprint density at radius 2 is 2.00 bits per heavy atom. The smallest absolute Gasteiger partial charge is 0.120 e. The quantitative estimate of drug-likeness (QED) is 0.863. The summed E-state index contributed by atoms with van der Waals surface area (Å²) in [6.07, 6.45) is 0. The van der Waals surface area contributed by atoms with Crippen LogP contribution in [-0.2, 0) is 0 Å². The lowest BCUT2D eigenvalue weighted by atomic mass is 10.3. The van der Waals surface area contributed by atoms with Crippen molar-refractivity contribution < 1.29 is 9.84 Å². The van der Waals surface area contributed by atoms with Crippen molar-refractivity contribution in [1.82, 2.24) is 0 Å². The van der Waals surface area contributed by atoms with Gasteiger partial charge in [0.15, 0.2) is 0 Å². The van der Waals surface area contributed by atoms with E-state index in [4.69, 9.17) is 9.84 Å². The van der Waals surface area contributed by atoms with E-state index in [1.807, 2.05) is 0 Å². The molecule has 0 saturated carbocycles. The van der Waals surface area contributed by atoms with E-state index < -0.39 is 0 Å². The molecule has 0 bridgehead atoms. The highest BCUT2D eigenvalue weighted by atomic mass is 79.9. The van der Waals surface area contributed by atoms with Gasteiger partial charge < -0.3 is 9.84 Å². The van der Waals surface area contributed by atoms with E-state index in [9.17, 15) is 0 Å². The third kappa shape index (κ3) is 2.96. The van der Waals surface area contributed by atoms with E-state index >= 15 is 0 Å². The molecule has 0 unspecified atom stereocenters. The van der Waals surface area contributed by atoms with E-state index in [0.29, 0.717) is 12.4 Å². The first-order valence-corrected chi connectivity index (χ1v) is 4.23. The fourth-order valence-corrected chi connectivity index (χ4v) is 0.818. The molecule has 1 rings (SSSR count). The molecule has 0 radical (unpaired) electrons. The summed E-state index contributed by atoms with van der Waals surface area (Å²) in [5.41, 5.74) is 0. The number of halogens is 1. The molecule has 0 spiro atoms. The monoisotopic (exact) mass is 228 g/mol. The molecule has 0 aliphatic rings. The summed E-state index contributed by atoms with van der Waals surface area (Å²) < 4.78 is 6.05. The minimum absolute atomic E-state index is 0.236. The molecule has 2 nitrogen and oxygen atoms in total. The summed E-state index contributed by atoms with van der Waals surface area (Å²) in [6.45, 7) is 4.07. The van der Waals surface area contributed by atoms with Gasteiger partial charge in [-0.15, -0.1) is 0 Å². The summed E-state index contributed by atoms with van der Waals surface area (Å²) in [5, 5.41) is 8.95. The van der Waals surface area contributed by atoms with Crippen molar-refractivity contribution >= 4 is 15.9 Å². The van der Waals surface area contributed by atoms with Gasteiger partial charge >= 0.3 is 0 Å². The van der Waals surface area contributed by atoms with E-state index in [1.54, 1.807) is 24.3 Å². The molecule has 12 heavy (non-hydrogen) atoms. The van der Waals surface area contributed by atoms with Crippen molar-refractivity contribution in [2.75, 3.05) is 6.61 Å². The van der Waals surface area contributed by atoms with Gasteiger partial charge in [0.25, 0.3) is 0 Å². The topological polar surface area (TPSA) is 29.5 Å². The Labute approximate surface area is 79.6 Å². The maximum atomic E-state index is 8.95. The first kappa shape index (κ1) is 9.13. The zero-order chi connectivity index (χ0) is 8.97. The van der Waals surface area contributed by atoms with E-state index in [0.717, 1.165) is 4.48 Å². The van der Waals surface area contributed by atoms with Gasteiger partial charge in [0, 0.05) is 4.48 Å². The van der Waals surface area contributed by atoms with Crippen molar-refractivity contribution in [2.45, 2.75) is 0 Å². The molecule has 0 amide bonds. The fraction of sp³-hybridized carbons (Fsp3) is 0.111. The van der Waals surface area contributed by atoms with E-state index in [-0.39, 0.29) is 5.75 Å². The predicted octanol–water partition coefficient (Wildman–Crippen LogP) is 2.68. The standard InChI is InChI=1S/C9H9BrO2/c1-7(10)6-12-9-4-2-8(11)3-5-9/h2-5,11H,1,6H2. The van der Waals surface area contributed by atoms with Gasteiger partial charge in [-0.3, -0.25) is 0 Å². The first-order valence-electron chi connectivity index (χ1n) is 3.43. The summed E-state index contributed by atoms with van der Waals surface area (Å²) in [4.78, 5) is 0. The SMILES string of the molecule is C=C(Br)COc1ccc(O)cc1. The lowest BCUT2D eigenvalue weighted by Crippen LogP contribution is -1.95. The van der Waals surface area contributed by atoms with Gasteiger partial charge in [-0.1, -0.05) is 22.5 Å². The van der Waals surface area contributed by atoms with E-state index in [2.05, 4.69) is 22.5 Å². The largest absolute Gasteiger partial charge is 0.508 e. The maximum absolute atomic E-state index is 8.95. The van der Waals surface area contributed by atoms with Crippen LogP contribution in [0.1, 0.15) is 0 Å². The molecule has 0 atom stereocenters. The molecular weight excluding hydrogens is 220 g/mol. The fourth-order valence-electron chi connectivity index (χ4n) is 0.704. The highest BCUT2D eigenvalue weighted by Gasteiger charge is 1.93. The predicted molar refractivity (Wildman–Crippen MR) is 51.7 cm³/mol. The van der Waals surface area contributed by atoms with Crippen LogP contribution in [0.2, 0.25) is 0 Å². The van der Waals surface area contributed by atoms with Gasteiger partial charge in [0.2, 0.25) is 0 Å². The van der Waals surface area contributed by atoms with Crippen LogP contribution >= 0.6 is 15.9 Å². The van der Waals surface area contributed by atoms with Crippen molar-refractivity contribution in [3.8, 4) is 11.5 Å². The number of ether oxygens (including phenoxy) is 1. The molecule has 0 aliphatic carbocycles. The van der Waals surface area contributed by atoms with Gasteiger partial charge in [0.1, 0.15) is 18.1 Å². The Morgan fingerprint density at radius 3 is 2.50 bits per heavy atom. The number of rotatable bonds is 3. The van der Waals surface area contributed by atoms with Crippen LogP contribution in [0.4, 0.5) is 0 Å². The molecular formula is C9H9BrO2. The Kier molecular flexibility index (Phi) is 3.17. The summed E-state index contributed by atoms with van der Waals surface area (Å²) in [7, 11) is 0. The highest BCUT2D eigenvalue weighted by molar-refractivity contribution is 9.11. The van der Waals surface area contributed by atoms with Crippen LogP contribution in [0, 0.1) is 0 Å². The average Bonchev–Trinajstić information content (AvgIpc) is 2.03. The van der Waals surface area contributed by atoms with E-state index in [1.165, 1.54) is 0 Å². The van der Waals surface area contributed by atoms with Crippen molar-refractivity contribution in [1.29, 1.82) is 0 Å². The third-order valence-corrected chi connectivity index (χ3v) is 1.46. The second-order valence-electron chi connectivity index (χ2n) is 2.30. The molecule has 3 heteroatoms. The normalized spacial score (nSPS) is 9.42. The average molecular weight is 229 g/mol. The minimum Gasteiger partial charge on any atom is -0.508 e. The molecule has 1 N–H and O–H groups in total. The van der Waals surface area contributed by atoms with Gasteiger partial charge in [-0.05, 0) is 24.3 Å². The van der Waals surface area contributed by atoms with Gasteiger partial charge in [-0.2, -0.15) is 0 Å². The van der Waals surface area contributed by atoms with Crippen LogP contribution in [0.25, 0.3) is 0 Å². The molecule has 1 aromatic rings. The zero-order valence-corrected chi connectivity index (χ0v) is 8.04. The highest BCUT2D eigenvalue weighted by Crippen LogP contribution is 2.16. The Morgan fingerprint density at radius 1 is 1.42 bits per heavy atom. The van der Waals surface area contributed by atoms with Crippen LogP contribution in [0.5, 0.6) is 11.5 Å². The van der Waals surface area contributed by atoms with Crippen LogP contribution in [0.3, 0.4) is 0 Å². The molecule has 1 aromatic carbocycles. The molecule has 0 saturated heterocycles. The lowest BCUT2D eigenvalue weighted by molar-refractivity contribution is 0.360. The zero-order valence-electron chi connectivity index (χ0n) is 6.46. The molecule has 0 aromatic heterocycles. The molecule has 0 fully saturated rings. The van der Waals surface area contributed by atoms with Gasteiger partial charge in [-0.25, -0.2) is 0 Å². The summed E-state index contributed by atoms with van der Waals surface area (Å²) in [5.74, 6) is 0.952. The summed E-state index contributed by atoms with van der Waals surface area (Å²) in [6, 6.07) is 6.55. The van der Waals surface area contributed by atoms with Crippen LogP contribution in [-0.4, -0.2) is 11.7 Å². The van der Waals surface area contributed by atoms with Crippen molar-refractivity contribution in [3.63, 3.8) is 0 Å². The van der Waals surface area contributed by atoms with Crippen LogP contribution in [0.15, 0.2) is 35.3 Å². The van der Waals surface area contributed by atoms with Crippen LogP contribution < -0.4 is 4.74 Å². The second kappa shape index (κ2) is 4.16. The Hall–Kier alpha value is -0.960. The van der Waals surface area contributed by atoms with Crippen molar-refractivity contribution in [2.24, 2.45) is 0 Å². The third-order valence-electron chi connectivity index (χ3n) is 1.23. The minimum atomic E-state index is 0.236. The molecule has 64 valence electrons. The maximum Gasteiger partial charge on any atom is 0.120 e. The number of phenolic OH excluding ortho intramolecular Hbond substituents is 1. The molecule has 0 heterocycles. The first-order chi connectivity index (χ1) is 5.68. The number of hydrogen-bond acceptors (Lipinski definition) is 2. The van der Waals surface area contributed by atoms with Gasteiger partial charge in [0.05, 0.1) is 0 Å². The van der Waals surface area contributed by atoms with Crippen molar-refractivity contribution in [3.05, 3.63) is 35.3 Å². The number of phenols is 1.